The summed E-state index contributed by atoms with van der Waals surface area (Å²) in [7, 11) is 2.19. The summed E-state index contributed by atoms with van der Waals surface area (Å²) < 4.78 is 12.9. The van der Waals surface area contributed by atoms with E-state index in [4.69, 9.17) is 9.47 Å². The van der Waals surface area contributed by atoms with E-state index in [1.54, 1.807) is 23.1 Å². The molecule has 9 heteroatoms. The maximum atomic E-state index is 14.3. The van der Waals surface area contributed by atoms with Crippen molar-refractivity contribution in [2.24, 2.45) is 11.8 Å². The van der Waals surface area contributed by atoms with Crippen molar-refractivity contribution in [1.29, 1.82) is 0 Å². The van der Waals surface area contributed by atoms with E-state index in [0.29, 0.717) is 35.8 Å². The highest BCUT2D eigenvalue weighted by atomic mass is 16.5. The van der Waals surface area contributed by atoms with E-state index in [-0.39, 0.29) is 30.6 Å². The molecule has 2 aliphatic rings. The van der Waals surface area contributed by atoms with Gasteiger partial charge in [-0.1, -0.05) is 44.4 Å². The molecule has 1 aliphatic heterocycles. The summed E-state index contributed by atoms with van der Waals surface area (Å²) in [6, 6.07) is 13.5. The van der Waals surface area contributed by atoms with Crippen LogP contribution in [0.2, 0.25) is 0 Å². The first-order valence-corrected chi connectivity index (χ1v) is 16.9. The smallest absolute Gasteiger partial charge is 0.323 e. The second kappa shape index (κ2) is 17.5. The van der Waals surface area contributed by atoms with E-state index in [2.05, 4.69) is 29.5 Å². The van der Waals surface area contributed by atoms with Crippen LogP contribution in [0.4, 0.5) is 16.2 Å². The molecule has 45 heavy (non-hydrogen) atoms. The van der Waals surface area contributed by atoms with Gasteiger partial charge in [0.1, 0.15) is 5.75 Å². The Balaban J connectivity index is 1.56. The Hall–Kier alpha value is -3.14. The number of benzene rings is 2. The lowest BCUT2D eigenvalue weighted by molar-refractivity contribution is -0.0190. The number of anilines is 2. The predicted molar refractivity (Wildman–Crippen MR) is 180 cm³/mol. The highest BCUT2D eigenvalue weighted by Gasteiger charge is 2.31. The van der Waals surface area contributed by atoms with E-state index < -0.39 is 12.1 Å². The number of carbonyl (C=O) groups excluding carboxylic acids is 2. The summed E-state index contributed by atoms with van der Waals surface area (Å²) in [5.74, 6) is 0.993. The van der Waals surface area contributed by atoms with E-state index in [1.165, 1.54) is 32.1 Å². The van der Waals surface area contributed by atoms with Gasteiger partial charge in [0.15, 0.2) is 0 Å². The summed E-state index contributed by atoms with van der Waals surface area (Å²) in [5.41, 5.74) is 1.50. The molecule has 0 radical (unpaired) electrons. The monoisotopic (exact) mass is 622 g/mol. The van der Waals surface area contributed by atoms with Crippen LogP contribution in [-0.2, 0) is 4.74 Å². The molecule has 3 amide bonds. The Kier molecular flexibility index (Phi) is 13.5. The third-order valence-electron chi connectivity index (χ3n) is 9.13. The van der Waals surface area contributed by atoms with Crippen molar-refractivity contribution in [2.75, 3.05) is 50.5 Å². The van der Waals surface area contributed by atoms with Crippen LogP contribution in [0.1, 0.15) is 82.5 Å². The third-order valence-corrected chi connectivity index (χ3v) is 9.13. The number of urea groups is 1. The highest BCUT2D eigenvalue weighted by Crippen LogP contribution is 2.29. The zero-order valence-corrected chi connectivity index (χ0v) is 27.7. The molecule has 0 bridgehead atoms. The molecule has 248 valence electrons. The zero-order chi connectivity index (χ0) is 32.2. The van der Waals surface area contributed by atoms with Gasteiger partial charge in [-0.15, -0.1) is 0 Å². The minimum atomic E-state index is -0.420. The first kappa shape index (κ1) is 34.7. The summed E-state index contributed by atoms with van der Waals surface area (Å²) in [5, 5.41) is 15.9. The number of likely N-dealkylation sites (N-methyl/N-ethyl adjacent to an activating group) is 1. The van der Waals surface area contributed by atoms with Crippen LogP contribution < -0.4 is 15.4 Å². The van der Waals surface area contributed by atoms with Gasteiger partial charge in [0.05, 0.1) is 30.4 Å². The van der Waals surface area contributed by atoms with E-state index in [0.717, 1.165) is 38.3 Å². The number of para-hydroxylation sites is 1. The van der Waals surface area contributed by atoms with Crippen molar-refractivity contribution in [3.05, 3.63) is 54.1 Å². The fourth-order valence-corrected chi connectivity index (χ4v) is 6.47. The number of rotatable bonds is 8. The number of hydrogen-bond acceptors (Lipinski definition) is 6. The molecule has 0 unspecified atom stereocenters. The number of ether oxygens (including phenoxy) is 2. The normalized spacial score (nSPS) is 23.0. The van der Waals surface area contributed by atoms with Gasteiger partial charge in [-0.3, -0.25) is 4.79 Å². The Morgan fingerprint density at radius 1 is 0.978 bits per heavy atom. The van der Waals surface area contributed by atoms with Crippen molar-refractivity contribution in [3.8, 4) is 5.75 Å². The Labute approximate surface area is 269 Å². The molecule has 3 N–H and O–H groups in total. The Morgan fingerprint density at radius 3 is 2.42 bits per heavy atom. The lowest BCUT2D eigenvalue weighted by Crippen LogP contribution is -2.47. The minimum absolute atomic E-state index is 0.0287. The topological polar surface area (TPSA) is 103 Å². The number of nitrogens with one attached hydrogen (secondary N) is 2. The molecule has 0 aromatic heterocycles. The second-order valence-electron chi connectivity index (χ2n) is 13.2. The summed E-state index contributed by atoms with van der Waals surface area (Å²) >= 11 is 0. The molecule has 1 aliphatic carbocycles. The number of nitrogens with zero attached hydrogens (tertiary/aromatic N) is 2. The number of aliphatic hydroxyl groups excluding tert-OH is 1. The van der Waals surface area contributed by atoms with Crippen molar-refractivity contribution < 1.29 is 24.2 Å². The Bertz CT molecular complexity index is 1210. The van der Waals surface area contributed by atoms with Crippen LogP contribution in [0.25, 0.3) is 0 Å². The number of aliphatic hydroxyl groups is 1. The third kappa shape index (κ3) is 10.7. The molecule has 4 atom stereocenters. The quantitative estimate of drug-likeness (QED) is 0.305. The molecule has 1 fully saturated rings. The lowest BCUT2D eigenvalue weighted by atomic mass is 9.89. The SMILES string of the molecule is C[C@@H]1CN([C@@H](C)CO)C(=O)c2cc(NC(=O)Nc3ccccc3)ccc2O[C@@H](C)CCCCO[C@H]1CN(C)CC1CCCCC1. The van der Waals surface area contributed by atoms with Crippen LogP contribution in [-0.4, -0.2) is 85.0 Å². The summed E-state index contributed by atoms with van der Waals surface area (Å²) in [6.07, 6.45) is 9.15. The molecular formula is C36H54N4O5. The fraction of sp³-hybridized carbons (Fsp3) is 0.611. The van der Waals surface area contributed by atoms with Crippen LogP contribution in [0.15, 0.2) is 48.5 Å². The van der Waals surface area contributed by atoms with Crippen molar-refractivity contribution in [3.63, 3.8) is 0 Å². The van der Waals surface area contributed by atoms with Gasteiger partial charge < -0.3 is 35.0 Å². The average Bonchev–Trinajstić information content (AvgIpc) is 3.03. The average molecular weight is 623 g/mol. The van der Waals surface area contributed by atoms with Crippen LogP contribution in [0.5, 0.6) is 5.75 Å². The first-order chi connectivity index (χ1) is 21.7. The highest BCUT2D eigenvalue weighted by molar-refractivity contribution is 6.02. The lowest BCUT2D eigenvalue weighted by Gasteiger charge is -2.36. The van der Waals surface area contributed by atoms with Crippen LogP contribution in [0, 0.1) is 11.8 Å². The van der Waals surface area contributed by atoms with E-state index >= 15 is 0 Å². The van der Waals surface area contributed by atoms with Gasteiger partial charge >= 0.3 is 6.03 Å². The van der Waals surface area contributed by atoms with Gasteiger partial charge in [0.25, 0.3) is 5.91 Å². The van der Waals surface area contributed by atoms with Crippen molar-refractivity contribution in [2.45, 2.75) is 90.4 Å². The van der Waals surface area contributed by atoms with Gasteiger partial charge in [-0.25, -0.2) is 4.79 Å². The molecule has 0 saturated heterocycles. The first-order valence-electron chi connectivity index (χ1n) is 16.9. The summed E-state index contributed by atoms with van der Waals surface area (Å²) in [4.78, 5) is 31.2. The number of amides is 3. The van der Waals surface area contributed by atoms with Gasteiger partial charge in [-0.05, 0) is 89.2 Å². The van der Waals surface area contributed by atoms with Crippen molar-refractivity contribution in [1.82, 2.24) is 9.80 Å². The molecule has 4 rings (SSSR count). The molecular weight excluding hydrogens is 568 g/mol. The number of carbonyl (C=O) groups is 2. The number of fused-ring (bicyclic) bond motifs is 1. The van der Waals surface area contributed by atoms with E-state index in [1.807, 2.05) is 44.2 Å². The molecule has 2 aromatic rings. The van der Waals surface area contributed by atoms with E-state index in [9.17, 15) is 14.7 Å². The fourth-order valence-electron chi connectivity index (χ4n) is 6.47. The molecule has 1 saturated carbocycles. The zero-order valence-electron chi connectivity index (χ0n) is 27.7. The largest absolute Gasteiger partial charge is 0.490 e. The molecule has 1 heterocycles. The van der Waals surface area contributed by atoms with Crippen LogP contribution in [0.3, 0.4) is 0 Å². The minimum Gasteiger partial charge on any atom is -0.490 e. The van der Waals surface area contributed by atoms with Crippen LogP contribution >= 0.6 is 0 Å². The summed E-state index contributed by atoms with van der Waals surface area (Å²) in [6.45, 7) is 8.79. The number of hydrogen-bond donors (Lipinski definition) is 3. The molecule has 9 nitrogen and oxygen atoms in total. The Morgan fingerprint density at radius 2 is 1.69 bits per heavy atom. The van der Waals surface area contributed by atoms with Gasteiger partial charge in [-0.2, -0.15) is 0 Å². The van der Waals surface area contributed by atoms with Crippen molar-refractivity contribution >= 4 is 23.3 Å². The van der Waals surface area contributed by atoms with Gasteiger partial charge in [0.2, 0.25) is 0 Å². The maximum Gasteiger partial charge on any atom is 0.323 e. The maximum absolute atomic E-state index is 14.3. The predicted octanol–water partition coefficient (Wildman–Crippen LogP) is 6.64. The molecule has 2 aromatic carbocycles. The second-order valence-corrected chi connectivity index (χ2v) is 13.2. The van der Waals surface area contributed by atoms with Gasteiger partial charge in [0, 0.05) is 43.5 Å². The standard InChI is InChI=1S/C36H54N4O5/c1-26-22-40(27(2)25-41)35(42)32-21-31(38-36(43)37-30-16-9-6-10-17-30)18-19-33(32)45-28(3)13-11-12-20-44-34(26)24-39(4)23-29-14-7-5-8-15-29/h6,9-10,16-19,21,26-29,34,41H,5,7-8,11-15,20,22-25H2,1-4H3,(H2,37,38,43)/t26-,27+,28+,34+/m1/s1. The molecule has 0 spiro atoms.